The molecule has 0 atom stereocenters. The molecule has 0 fully saturated rings. The molecule has 1 aromatic heterocycles. The van der Waals surface area contributed by atoms with Crippen molar-refractivity contribution < 1.29 is 19.1 Å². The standard InChI is InChI=1S/C15H19NO4/c1-5-19-15(18)14-9(2)20-13-6-10(8-16(3)4)12(17)7-11(13)14/h6-7,17H,5,8H2,1-4H3. The third-order valence-corrected chi connectivity index (χ3v) is 3.03. The Bertz CT molecular complexity index is 643. The zero-order chi connectivity index (χ0) is 14.9. The summed E-state index contributed by atoms with van der Waals surface area (Å²) < 4.78 is 10.6. The van der Waals surface area contributed by atoms with E-state index in [0.29, 0.717) is 35.4 Å². The number of hydrogen-bond acceptors (Lipinski definition) is 5. The van der Waals surface area contributed by atoms with Gasteiger partial charge in [-0.3, -0.25) is 0 Å². The van der Waals surface area contributed by atoms with Crippen LogP contribution in [0.3, 0.4) is 0 Å². The maximum absolute atomic E-state index is 11.9. The van der Waals surface area contributed by atoms with E-state index in [1.54, 1.807) is 26.0 Å². The molecule has 1 aromatic carbocycles. The van der Waals surface area contributed by atoms with Crippen LogP contribution >= 0.6 is 0 Å². The molecular weight excluding hydrogens is 258 g/mol. The summed E-state index contributed by atoms with van der Waals surface area (Å²) in [5.41, 5.74) is 1.72. The van der Waals surface area contributed by atoms with Crippen molar-refractivity contribution in [2.45, 2.75) is 20.4 Å². The van der Waals surface area contributed by atoms with Gasteiger partial charge < -0.3 is 19.2 Å². The van der Waals surface area contributed by atoms with Crippen LogP contribution in [0.2, 0.25) is 0 Å². The van der Waals surface area contributed by atoms with Gasteiger partial charge in [-0.2, -0.15) is 0 Å². The van der Waals surface area contributed by atoms with Gasteiger partial charge in [-0.15, -0.1) is 0 Å². The van der Waals surface area contributed by atoms with E-state index in [1.807, 2.05) is 19.0 Å². The summed E-state index contributed by atoms with van der Waals surface area (Å²) in [6.45, 7) is 4.36. The number of phenolic OH excluding ortho intramolecular Hbond substituents is 1. The second-order valence-electron chi connectivity index (χ2n) is 4.97. The van der Waals surface area contributed by atoms with Crippen molar-refractivity contribution >= 4 is 16.9 Å². The fraction of sp³-hybridized carbons (Fsp3) is 0.400. The number of hydrogen-bond donors (Lipinski definition) is 1. The molecule has 2 rings (SSSR count). The fourth-order valence-corrected chi connectivity index (χ4v) is 2.22. The third-order valence-electron chi connectivity index (χ3n) is 3.03. The van der Waals surface area contributed by atoms with E-state index < -0.39 is 5.97 Å². The number of phenols is 1. The van der Waals surface area contributed by atoms with Crippen LogP contribution in [0.25, 0.3) is 11.0 Å². The van der Waals surface area contributed by atoms with Gasteiger partial charge >= 0.3 is 5.97 Å². The van der Waals surface area contributed by atoms with Crippen molar-refractivity contribution in [2.75, 3.05) is 20.7 Å². The molecule has 1 heterocycles. The number of aryl methyl sites for hydroxylation is 1. The zero-order valence-electron chi connectivity index (χ0n) is 12.2. The summed E-state index contributed by atoms with van der Waals surface area (Å²) in [5, 5.41) is 10.7. The number of nitrogens with zero attached hydrogens (tertiary/aromatic N) is 1. The molecule has 108 valence electrons. The molecular formula is C15H19NO4. The predicted octanol–water partition coefficient (Wildman–Crippen LogP) is 2.69. The minimum absolute atomic E-state index is 0.151. The molecule has 0 spiro atoms. The van der Waals surface area contributed by atoms with E-state index in [1.165, 1.54) is 0 Å². The third kappa shape index (κ3) is 2.63. The Morgan fingerprint density at radius 1 is 1.40 bits per heavy atom. The molecule has 5 nitrogen and oxygen atoms in total. The van der Waals surface area contributed by atoms with Gasteiger partial charge in [0.15, 0.2) is 0 Å². The fourth-order valence-electron chi connectivity index (χ4n) is 2.22. The van der Waals surface area contributed by atoms with Crippen molar-refractivity contribution in [1.82, 2.24) is 4.90 Å². The minimum Gasteiger partial charge on any atom is -0.508 e. The van der Waals surface area contributed by atoms with Crippen LogP contribution in [0.15, 0.2) is 16.5 Å². The maximum Gasteiger partial charge on any atom is 0.342 e. The second-order valence-corrected chi connectivity index (χ2v) is 4.97. The van der Waals surface area contributed by atoms with E-state index in [-0.39, 0.29) is 5.75 Å². The molecule has 0 aliphatic rings. The first kappa shape index (κ1) is 14.4. The average molecular weight is 277 g/mol. The zero-order valence-corrected chi connectivity index (χ0v) is 12.2. The second kappa shape index (κ2) is 5.54. The van der Waals surface area contributed by atoms with Crippen molar-refractivity contribution in [2.24, 2.45) is 0 Å². The Kier molecular flexibility index (Phi) is 3.99. The van der Waals surface area contributed by atoms with E-state index in [2.05, 4.69) is 0 Å². The first-order valence-corrected chi connectivity index (χ1v) is 6.50. The summed E-state index contributed by atoms with van der Waals surface area (Å²) >= 11 is 0. The molecule has 5 heteroatoms. The van der Waals surface area contributed by atoms with Crippen molar-refractivity contribution in [1.29, 1.82) is 0 Å². The first-order chi connectivity index (χ1) is 9.43. The number of rotatable bonds is 4. The van der Waals surface area contributed by atoms with Crippen molar-refractivity contribution in [3.63, 3.8) is 0 Å². The van der Waals surface area contributed by atoms with Crippen LogP contribution in [-0.4, -0.2) is 36.7 Å². The predicted molar refractivity (Wildman–Crippen MR) is 76.0 cm³/mol. The van der Waals surface area contributed by atoms with Crippen LogP contribution in [0.4, 0.5) is 0 Å². The lowest BCUT2D eigenvalue weighted by Crippen LogP contribution is -2.10. The van der Waals surface area contributed by atoms with E-state index in [4.69, 9.17) is 9.15 Å². The highest BCUT2D eigenvalue weighted by Crippen LogP contribution is 2.32. The van der Waals surface area contributed by atoms with Gasteiger partial charge in [0.25, 0.3) is 0 Å². The highest BCUT2D eigenvalue weighted by atomic mass is 16.5. The van der Waals surface area contributed by atoms with Crippen molar-refractivity contribution in [3.8, 4) is 5.75 Å². The quantitative estimate of drug-likeness (QED) is 0.870. The van der Waals surface area contributed by atoms with Gasteiger partial charge in [0.2, 0.25) is 0 Å². The molecule has 1 N–H and O–H groups in total. The largest absolute Gasteiger partial charge is 0.508 e. The van der Waals surface area contributed by atoms with Crippen LogP contribution < -0.4 is 0 Å². The number of carbonyl (C=O) groups is 1. The van der Waals surface area contributed by atoms with E-state index >= 15 is 0 Å². The number of carbonyl (C=O) groups excluding carboxylic acids is 1. The Balaban J connectivity index is 2.55. The summed E-state index contributed by atoms with van der Waals surface area (Å²) in [6.07, 6.45) is 0. The van der Waals surface area contributed by atoms with Crippen LogP contribution in [-0.2, 0) is 11.3 Å². The van der Waals surface area contributed by atoms with Gasteiger partial charge in [0.1, 0.15) is 22.7 Å². The molecule has 20 heavy (non-hydrogen) atoms. The number of benzene rings is 1. The lowest BCUT2D eigenvalue weighted by Gasteiger charge is -2.11. The van der Waals surface area contributed by atoms with Gasteiger partial charge in [0, 0.05) is 17.5 Å². The summed E-state index contributed by atoms with van der Waals surface area (Å²) in [4.78, 5) is 13.9. The topological polar surface area (TPSA) is 62.9 Å². The molecule has 2 aromatic rings. The van der Waals surface area contributed by atoms with Gasteiger partial charge in [-0.1, -0.05) is 0 Å². The number of aromatic hydroxyl groups is 1. The van der Waals surface area contributed by atoms with Crippen molar-refractivity contribution in [3.05, 3.63) is 29.0 Å². The van der Waals surface area contributed by atoms with Gasteiger partial charge in [0.05, 0.1) is 6.61 Å². The Morgan fingerprint density at radius 2 is 2.10 bits per heavy atom. The molecule has 0 unspecified atom stereocenters. The Morgan fingerprint density at radius 3 is 2.70 bits per heavy atom. The molecule has 0 aliphatic carbocycles. The molecule has 0 aliphatic heterocycles. The first-order valence-electron chi connectivity index (χ1n) is 6.50. The summed E-state index contributed by atoms with van der Waals surface area (Å²) in [7, 11) is 3.84. The maximum atomic E-state index is 11.9. The van der Waals surface area contributed by atoms with Gasteiger partial charge in [-0.05, 0) is 40.1 Å². The smallest absolute Gasteiger partial charge is 0.342 e. The number of ether oxygens (including phenoxy) is 1. The molecule has 0 radical (unpaired) electrons. The Labute approximate surface area is 117 Å². The number of furan rings is 1. The SMILES string of the molecule is CCOC(=O)c1c(C)oc2cc(CN(C)C)c(O)cc12. The molecule has 0 saturated carbocycles. The molecule has 0 bridgehead atoms. The Hall–Kier alpha value is -2.01. The monoisotopic (exact) mass is 277 g/mol. The molecule has 0 amide bonds. The van der Waals surface area contributed by atoms with E-state index in [0.717, 1.165) is 5.56 Å². The lowest BCUT2D eigenvalue weighted by atomic mass is 10.1. The highest BCUT2D eigenvalue weighted by molar-refractivity contribution is 6.05. The highest BCUT2D eigenvalue weighted by Gasteiger charge is 2.21. The van der Waals surface area contributed by atoms with Gasteiger partial charge in [-0.25, -0.2) is 4.79 Å². The average Bonchev–Trinajstić information content (AvgIpc) is 2.64. The summed E-state index contributed by atoms with van der Waals surface area (Å²) in [6, 6.07) is 3.33. The number of fused-ring (bicyclic) bond motifs is 1. The summed E-state index contributed by atoms with van der Waals surface area (Å²) in [5.74, 6) is 0.223. The number of esters is 1. The lowest BCUT2D eigenvalue weighted by molar-refractivity contribution is 0.0526. The van der Waals surface area contributed by atoms with E-state index in [9.17, 15) is 9.90 Å². The normalized spacial score (nSPS) is 11.2. The van der Waals surface area contributed by atoms with Crippen LogP contribution in [0.5, 0.6) is 5.75 Å². The molecule has 0 saturated heterocycles. The van der Waals surface area contributed by atoms with Crippen LogP contribution in [0.1, 0.15) is 28.6 Å². The van der Waals surface area contributed by atoms with Crippen LogP contribution in [0, 0.1) is 6.92 Å². The minimum atomic E-state index is -0.427.